The van der Waals surface area contributed by atoms with Crippen LogP contribution in [-0.4, -0.2) is 84.5 Å². The van der Waals surface area contributed by atoms with Gasteiger partial charge in [-0.2, -0.15) is 4.99 Å². The van der Waals surface area contributed by atoms with Gasteiger partial charge in [0.05, 0.1) is 37.0 Å². The number of carbonyl (C=O) groups is 2. The van der Waals surface area contributed by atoms with Crippen LogP contribution in [0.3, 0.4) is 0 Å². The van der Waals surface area contributed by atoms with Gasteiger partial charge in [-0.1, -0.05) is 23.7 Å². The molecule has 2 aromatic carbocycles. The smallest absolute Gasteiger partial charge is 0.433 e. The van der Waals surface area contributed by atoms with Crippen molar-refractivity contribution >= 4 is 45.5 Å². The molecule has 6 rings (SSSR count). The molecule has 1 saturated carbocycles. The van der Waals surface area contributed by atoms with Gasteiger partial charge >= 0.3 is 6.09 Å². The van der Waals surface area contributed by atoms with Gasteiger partial charge in [-0.05, 0) is 82.4 Å². The molecule has 270 valence electrons. The predicted molar refractivity (Wildman–Crippen MR) is 188 cm³/mol. The number of fused-ring (bicyclic) bond motifs is 2. The summed E-state index contributed by atoms with van der Waals surface area (Å²) >= 11 is 6.34. The topological polar surface area (TPSA) is 142 Å². The van der Waals surface area contributed by atoms with Crippen molar-refractivity contribution in [3.8, 4) is 11.5 Å². The molecule has 4 aliphatic rings. The Kier molecular flexibility index (Phi) is 11.1. The van der Waals surface area contributed by atoms with Gasteiger partial charge in [0.25, 0.3) is 15.9 Å². The standard InChI is InChI=1S/C36H44ClN3O9S/c1-4-46-33-16-26(37)8-11-29(33)25-20-40-19-24-7-10-28(24)31(49-35(42)38-18-23-13-15-45-21-23)6-5-14-48-36(2,3)34(41)39-50(43,44)27-9-12-32(47-22-25)30(40)17-27/h5-6,8-9,11-12,16-18,23-25,28,31H,4,7,10,13-15,19-22H2,1-3H3,(H,39,41)/t23?,24-,25-,28+,31-/m0/s1. The Hall–Kier alpha value is -3.65. The average molecular weight is 730 g/mol. The molecule has 2 bridgehead atoms. The third kappa shape index (κ3) is 8.28. The van der Waals surface area contributed by atoms with E-state index in [0.717, 1.165) is 24.8 Å². The predicted octanol–water partition coefficient (Wildman–Crippen LogP) is 5.53. The molecule has 5 atom stereocenters. The van der Waals surface area contributed by atoms with E-state index in [1.807, 2.05) is 19.1 Å². The SMILES string of the molecule is CCOc1cc(Cl)ccc1[C@@H]1COc2ccc3cc2N(C1)C[C@@H]1CC[C@H]1[C@@H](OC(=O)N=CC1CCOC1)C=CCOC(C)(C)C(=O)NS3(=O)=O. The molecule has 1 unspecified atom stereocenters. The Balaban J connectivity index is 1.36. The first-order valence-corrected chi connectivity index (χ1v) is 18.9. The normalized spacial score (nSPS) is 27.7. The van der Waals surface area contributed by atoms with Crippen LogP contribution in [0, 0.1) is 17.8 Å². The van der Waals surface area contributed by atoms with E-state index >= 15 is 0 Å². The molecular weight excluding hydrogens is 686 g/mol. The summed E-state index contributed by atoms with van der Waals surface area (Å²) in [5, 5.41) is 0.553. The summed E-state index contributed by atoms with van der Waals surface area (Å²) in [5.74, 6) is 0.302. The van der Waals surface area contributed by atoms with Crippen molar-refractivity contribution in [1.29, 1.82) is 0 Å². The van der Waals surface area contributed by atoms with Crippen molar-refractivity contribution in [3.05, 3.63) is 59.1 Å². The molecule has 2 aromatic rings. The Bertz CT molecular complexity index is 1740. The summed E-state index contributed by atoms with van der Waals surface area (Å²) in [6.45, 7) is 7.81. The molecule has 1 aliphatic carbocycles. The van der Waals surface area contributed by atoms with Crippen molar-refractivity contribution in [2.24, 2.45) is 22.7 Å². The number of sulfonamides is 1. The molecule has 12 nitrogen and oxygen atoms in total. The highest BCUT2D eigenvalue weighted by Gasteiger charge is 2.41. The van der Waals surface area contributed by atoms with E-state index in [2.05, 4.69) is 14.6 Å². The lowest BCUT2D eigenvalue weighted by molar-refractivity contribution is -0.139. The molecule has 1 saturated heterocycles. The van der Waals surface area contributed by atoms with Crippen molar-refractivity contribution in [2.45, 2.75) is 62.6 Å². The van der Waals surface area contributed by atoms with E-state index in [1.165, 1.54) is 19.9 Å². The lowest BCUT2D eigenvalue weighted by Gasteiger charge is -2.43. The van der Waals surface area contributed by atoms with Crippen LogP contribution in [0.15, 0.2) is 58.4 Å². The summed E-state index contributed by atoms with van der Waals surface area (Å²) in [6, 6.07) is 10.2. The van der Waals surface area contributed by atoms with Crippen LogP contribution in [0.5, 0.6) is 11.5 Å². The zero-order chi connectivity index (χ0) is 35.5. The van der Waals surface area contributed by atoms with Gasteiger partial charge in [0.15, 0.2) is 0 Å². The highest BCUT2D eigenvalue weighted by atomic mass is 35.5. The van der Waals surface area contributed by atoms with E-state index in [9.17, 15) is 18.0 Å². The zero-order valence-electron chi connectivity index (χ0n) is 28.5. The minimum absolute atomic E-state index is 0.0121. The van der Waals surface area contributed by atoms with Gasteiger partial charge in [-0.25, -0.2) is 17.9 Å². The second-order valence-electron chi connectivity index (χ2n) is 13.6. The summed E-state index contributed by atoms with van der Waals surface area (Å²) < 4.78 is 58.8. The van der Waals surface area contributed by atoms with Gasteiger partial charge in [-0.15, -0.1) is 0 Å². The average Bonchev–Trinajstić information content (AvgIpc) is 3.52. The highest BCUT2D eigenvalue weighted by Crippen LogP contribution is 2.44. The molecule has 0 radical (unpaired) electrons. The Morgan fingerprint density at radius 3 is 2.72 bits per heavy atom. The number of anilines is 1. The van der Waals surface area contributed by atoms with E-state index in [4.69, 9.17) is 35.3 Å². The number of halogens is 1. The number of amides is 2. The van der Waals surface area contributed by atoms with Crippen molar-refractivity contribution in [3.63, 3.8) is 0 Å². The van der Waals surface area contributed by atoms with Crippen LogP contribution in [0.4, 0.5) is 10.5 Å². The molecule has 2 amide bonds. The Morgan fingerprint density at radius 1 is 1.14 bits per heavy atom. The van der Waals surface area contributed by atoms with Crippen LogP contribution < -0.4 is 19.1 Å². The number of nitrogens with one attached hydrogen (secondary N) is 1. The maximum absolute atomic E-state index is 13.6. The zero-order valence-corrected chi connectivity index (χ0v) is 30.1. The number of hydrogen-bond donors (Lipinski definition) is 1. The molecule has 0 aromatic heterocycles. The second-order valence-corrected chi connectivity index (χ2v) is 15.7. The fourth-order valence-corrected chi connectivity index (χ4v) is 8.02. The van der Waals surface area contributed by atoms with Gasteiger partial charge in [0.2, 0.25) is 0 Å². The van der Waals surface area contributed by atoms with E-state index < -0.39 is 33.7 Å². The molecule has 50 heavy (non-hydrogen) atoms. The van der Waals surface area contributed by atoms with Crippen molar-refractivity contribution < 1.29 is 41.7 Å². The Labute approximate surface area is 298 Å². The fraction of sp³-hybridized carbons (Fsp3) is 0.528. The monoisotopic (exact) mass is 729 g/mol. The molecule has 0 spiro atoms. The highest BCUT2D eigenvalue weighted by molar-refractivity contribution is 7.90. The van der Waals surface area contributed by atoms with E-state index in [0.29, 0.717) is 61.7 Å². The van der Waals surface area contributed by atoms with Gasteiger partial charge < -0.3 is 28.6 Å². The summed E-state index contributed by atoms with van der Waals surface area (Å²) in [5.41, 5.74) is 0.0116. The third-order valence-corrected chi connectivity index (χ3v) is 11.3. The first-order valence-electron chi connectivity index (χ1n) is 17.1. The van der Waals surface area contributed by atoms with Crippen molar-refractivity contribution in [2.75, 3.05) is 51.0 Å². The number of nitrogens with zero attached hydrogens (tertiary/aromatic N) is 2. The van der Waals surface area contributed by atoms with Crippen LogP contribution in [0.1, 0.15) is 51.5 Å². The first kappa shape index (κ1) is 36.2. The molecule has 2 fully saturated rings. The largest absolute Gasteiger partial charge is 0.494 e. The molecule has 3 heterocycles. The van der Waals surface area contributed by atoms with Crippen LogP contribution in [0.25, 0.3) is 0 Å². The van der Waals surface area contributed by atoms with E-state index in [1.54, 1.807) is 36.6 Å². The molecule has 3 aliphatic heterocycles. The number of benzene rings is 2. The number of rotatable bonds is 5. The van der Waals surface area contributed by atoms with E-state index in [-0.39, 0.29) is 35.2 Å². The first-order chi connectivity index (χ1) is 23.9. The van der Waals surface area contributed by atoms with Gasteiger partial charge in [0.1, 0.15) is 23.2 Å². The van der Waals surface area contributed by atoms with Crippen molar-refractivity contribution in [1.82, 2.24) is 4.72 Å². The van der Waals surface area contributed by atoms with Crippen LogP contribution in [0.2, 0.25) is 5.02 Å². The lowest BCUT2D eigenvalue weighted by Crippen LogP contribution is -2.47. The maximum Gasteiger partial charge on any atom is 0.433 e. The number of aliphatic imine (C=N–C) groups is 1. The van der Waals surface area contributed by atoms with Crippen LogP contribution >= 0.6 is 11.6 Å². The summed E-state index contributed by atoms with van der Waals surface area (Å²) in [7, 11) is -4.27. The molecular formula is C36H44ClN3O9S. The van der Waals surface area contributed by atoms with Crippen LogP contribution in [-0.2, 0) is 29.0 Å². The maximum atomic E-state index is 13.6. The number of ether oxygens (including phenoxy) is 5. The number of hydrogen-bond acceptors (Lipinski definition) is 10. The minimum Gasteiger partial charge on any atom is -0.494 e. The summed E-state index contributed by atoms with van der Waals surface area (Å²) in [6.07, 6.45) is 6.28. The summed E-state index contributed by atoms with van der Waals surface area (Å²) in [4.78, 5) is 32.3. The second kappa shape index (κ2) is 15.3. The van der Waals surface area contributed by atoms with Gasteiger partial charge in [-0.3, -0.25) is 4.79 Å². The lowest BCUT2D eigenvalue weighted by atomic mass is 9.70. The quantitative estimate of drug-likeness (QED) is 0.309. The number of carbonyl (C=O) groups excluding carboxylic acids is 2. The molecule has 14 heteroatoms. The molecule has 1 N–H and O–H groups in total. The Morgan fingerprint density at radius 2 is 1.98 bits per heavy atom. The minimum atomic E-state index is -4.27. The van der Waals surface area contributed by atoms with Gasteiger partial charge in [0, 0.05) is 54.3 Å². The third-order valence-electron chi connectivity index (χ3n) is 9.76. The fourth-order valence-electron chi connectivity index (χ4n) is 6.73.